The maximum Gasteiger partial charge on any atom is 0.322 e. The molecule has 3 N–H and O–H groups in total. The Balaban J connectivity index is 2.49. The topological polar surface area (TPSA) is 99.5 Å². The average Bonchev–Trinajstić information content (AvgIpc) is 2.56. The van der Waals surface area contributed by atoms with Crippen LogP contribution in [-0.4, -0.2) is 65.0 Å². The van der Waals surface area contributed by atoms with Crippen molar-refractivity contribution in [2.24, 2.45) is 0 Å². The number of nitrogens with zero attached hydrogens (tertiary/aromatic N) is 1. The second-order valence-electron chi connectivity index (χ2n) is 5.86. The highest BCUT2D eigenvalue weighted by molar-refractivity contribution is 6.61. The predicted molar refractivity (Wildman–Crippen MR) is 104 cm³/mol. The SMILES string of the molecule is Bc1c(B)c(F)c(B)c(-c2cnc(C(=O)NCC(=O)O)c(O)c2)c1B. The number of aromatic nitrogens is 1. The Morgan fingerprint density at radius 2 is 1.76 bits per heavy atom. The molecule has 1 heterocycles. The van der Waals surface area contributed by atoms with Crippen LogP contribution in [0.2, 0.25) is 0 Å². The van der Waals surface area contributed by atoms with Crippen LogP contribution in [-0.2, 0) is 4.79 Å². The van der Waals surface area contributed by atoms with Gasteiger partial charge < -0.3 is 15.5 Å². The normalized spacial score (nSPS) is 10.4. The van der Waals surface area contributed by atoms with Crippen molar-refractivity contribution < 1.29 is 24.2 Å². The monoisotopic (exact) mass is 338 g/mol. The fourth-order valence-electron chi connectivity index (χ4n) is 2.74. The molecule has 0 aliphatic carbocycles. The molecule has 2 aromatic rings. The summed E-state index contributed by atoms with van der Waals surface area (Å²) in [5, 5.41) is 20.8. The first-order valence-corrected chi connectivity index (χ1v) is 7.60. The quantitative estimate of drug-likeness (QED) is 0.483. The molecular weight excluding hydrogens is 322 g/mol. The van der Waals surface area contributed by atoms with E-state index in [9.17, 15) is 19.1 Å². The Morgan fingerprint density at radius 1 is 1.12 bits per heavy atom. The molecule has 0 spiro atoms. The first kappa shape index (κ1) is 18.6. The number of carbonyl (C=O) groups is 2. The largest absolute Gasteiger partial charge is 0.505 e. The van der Waals surface area contributed by atoms with Crippen LogP contribution in [0.5, 0.6) is 5.75 Å². The number of pyridine rings is 1. The first-order valence-electron chi connectivity index (χ1n) is 7.60. The molecule has 1 amide bonds. The standard InChI is InChI=1S/C14H15B4FN2O4/c15-8-7(9(16)12(19)11(18)10(8)17)4-1-5(22)13(20-2-4)14(25)21-3-6(23)24/h1-2,22H,3,15-18H2,(H,21,25)(H,23,24). The van der Waals surface area contributed by atoms with Gasteiger partial charge in [-0.3, -0.25) is 9.59 Å². The Labute approximate surface area is 147 Å². The van der Waals surface area contributed by atoms with E-state index in [4.69, 9.17) is 5.11 Å². The molecule has 1 aromatic carbocycles. The van der Waals surface area contributed by atoms with E-state index in [2.05, 4.69) is 10.3 Å². The molecule has 6 nitrogen and oxygen atoms in total. The van der Waals surface area contributed by atoms with Gasteiger partial charge in [-0.1, -0.05) is 16.4 Å². The second kappa shape index (κ2) is 7.04. The lowest BCUT2D eigenvalue weighted by Gasteiger charge is -2.18. The summed E-state index contributed by atoms with van der Waals surface area (Å²) in [6, 6.07) is 1.33. The summed E-state index contributed by atoms with van der Waals surface area (Å²) in [4.78, 5) is 26.3. The van der Waals surface area contributed by atoms with Crippen molar-refractivity contribution in [3.05, 3.63) is 23.8 Å². The number of hydrogen-bond acceptors (Lipinski definition) is 4. The molecule has 0 fully saturated rings. The summed E-state index contributed by atoms with van der Waals surface area (Å²) in [5.41, 5.74) is 3.47. The maximum atomic E-state index is 14.4. The van der Waals surface area contributed by atoms with E-state index in [1.807, 2.05) is 15.7 Å². The number of hydrogen-bond donors (Lipinski definition) is 3. The highest BCUT2D eigenvalue weighted by Gasteiger charge is 2.19. The van der Waals surface area contributed by atoms with E-state index in [1.54, 1.807) is 15.7 Å². The van der Waals surface area contributed by atoms with Gasteiger partial charge in [-0.25, -0.2) is 9.37 Å². The van der Waals surface area contributed by atoms with Crippen LogP contribution in [0.3, 0.4) is 0 Å². The summed E-state index contributed by atoms with van der Waals surface area (Å²) < 4.78 is 14.4. The van der Waals surface area contributed by atoms with Crippen LogP contribution in [0.15, 0.2) is 12.3 Å². The molecule has 2 rings (SSSR count). The van der Waals surface area contributed by atoms with Crippen LogP contribution in [0.1, 0.15) is 10.5 Å². The number of carboxylic acids is 1. The third-order valence-corrected chi connectivity index (χ3v) is 4.30. The molecule has 124 valence electrons. The van der Waals surface area contributed by atoms with Crippen LogP contribution >= 0.6 is 0 Å². The first-order chi connectivity index (χ1) is 11.6. The van der Waals surface area contributed by atoms with Gasteiger partial charge in [0.2, 0.25) is 0 Å². The van der Waals surface area contributed by atoms with Crippen LogP contribution in [0.4, 0.5) is 4.39 Å². The van der Waals surface area contributed by atoms with Gasteiger partial charge in [0.25, 0.3) is 5.91 Å². The zero-order chi connectivity index (χ0) is 18.9. The molecule has 1 aromatic heterocycles. The Kier molecular flexibility index (Phi) is 5.25. The number of amides is 1. The molecule has 0 atom stereocenters. The van der Waals surface area contributed by atoms with Crippen LogP contribution < -0.4 is 27.2 Å². The zero-order valence-electron chi connectivity index (χ0n) is 14.4. The number of aliphatic carboxylic acids is 1. The molecule has 25 heavy (non-hydrogen) atoms. The summed E-state index contributed by atoms with van der Waals surface area (Å²) >= 11 is 0. The molecule has 0 bridgehead atoms. The lowest BCUT2D eigenvalue weighted by atomic mass is 9.65. The molecule has 0 radical (unpaired) electrons. The molecule has 11 heteroatoms. The van der Waals surface area contributed by atoms with Gasteiger partial charge in [0.15, 0.2) is 5.69 Å². The highest BCUT2D eigenvalue weighted by Crippen LogP contribution is 2.22. The van der Waals surface area contributed by atoms with E-state index in [-0.39, 0.29) is 11.5 Å². The van der Waals surface area contributed by atoms with Crippen LogP contribution in [0, 0.1) is 5.82 Å². The van der Waals surface area contributed by atoms with Crippen molar-refractivity contribution >= 4 is 65.1 Å². The van der Waals surface area contributed by atoms with Crippen molar-refractivity contribution in [2.75, 3.05) is 6.54 Å². The Hall–Kier alpha value is -2.70. The van der Waals surface area contributed by atoms with Crippen molar-refractivity contribution in [3.63, 3.8) is 0 Å². The van der Waals surface area contributed by atoms with Gasteiger partial charge in [0, 0.05) is 11.8 Å². The minimum atomic E-state index is -1.21. The third kappa shape index (κ3) is 3.55. The van der Waals surface area contributed by atoms with Gasteiger partial charge in [-0.2, -0.15) is 0 Å². The fraction of sp³-hybridized carbons (Fsp3) is 0.0714. The number of carboxylic acid groups (broad SMARTS) is 1. The van der Waals surface area contributed by atoms with E-state index < -0.39 is 24.2 Å². The lowest BCUT2D eigenvalue weighted by molar-refractivity contribution is -0.135. The minimum Gasteiger partial charge on any atom is -0.505 e. The number of rotatable bonds is 4. The van der Waals surface area contributed by atoms with Crippen molar-refractivity contribution in [3.8, 4) is 16.9 Å². The molecule has 0 unspecified atom stereocenters. The maximum absolute atomic E-state index is 14.4. The van der Waals surface area contributed by atoms with E-state index >= 15 is 0 Å². The molecular formula is C14H15B4FN2O4. The summed E-state index contributed by atoms with van der Waals surface area (Å²) in [6.45, 7) is -0.581. The Bertz CT molecular complexity index is 863. The van der Waals surface area contributed by atoms with Gasteiger partial charge in [0.1, 0.15) is 49.5 Å². The fourth-order valence-corrected chi connectivity index (χ4v) is 2.74. The summed E-state index contributed by atoms with van der Waals surface area (Å²) in [7, 11) is 7.03. The van der Waals surface area contributed by atoms with E-state index in [0.29, 0.717) is 22.1 Å². The van der Waals surface area contributed by atoms with Gasteiger partial charge in [0.05, 0.1) is 0 Å². The van der Waals surface area contributed by atoms with Gasteiger partial charge >= 0.3 is 5.97 Å². The highest BCUT2D eigenvalue weighted by atomic mass is 19.1. The van der Waals surface area contributed by atoms with Gasteiger partial charge in [-0.05, 0) is 17.1 Å². The van der Waals surface area contributed by atoms with E-state index in [1.165, 1.54) is 12.3 Å². The molecule has 0 saturated carbocycles. The third-order valence-electron chi connectivity index (χ3n) is 4.30. The van der Waals surface area contributed by atoms with Crippen molar-refractivity contribution in [2.45, 2.75) is 0 Å². The molecule has 0 aliphatic heterocycles. The van der Waals surface area contributed by atoms with Crippen molar-refractivity contribution in [1.82, 2.24) is 10.3 Å². The number of aromatic hydroxyl groups is 1. The molecule has 0 saturated heterocycles. The summed E-state index contributed by atoms with van der Waals surface area (Å²) in [6.07, 6.45) is 1.36. The van der Waals surface area contributed by atoms with Crippen molar-refractivity contribution in [1.29, 1.82) is 0 Å². The average molecular weight is 338 g/mol. The second-order valence-corrected chi connectivity index (χ2v) is 5.86. The van der Waals surface area contributed by atoms with Crippen LogP contribution in [0.25, 0.3) is 11.1 Å². The predicted octanol–water partition coefficient (Wildman–Crippen LogP) is -5.56. The van der Waals surface area contributed by atoms with Gasteiger partial charge in [-0.15, -0.1) is 0 Å². The smallest absolute Gasteiger partial charge is 0.322 e. The molecule has 0 aliphatic rings. The summed E-state index contributed by atoms with van der Waals surface area (Å²) in [5.74, 6) is -2.73. The Morgan fingerprint density at radius 3 is 2.32 bits per heavy atom. The minimum absolute atomic E-state index is 0.287. The van der Waals surface area contributed by atoms with E-state index in [0.717, 1.165) is 10.9 Å². The number of nitrogens with one attached hydrogen (secondary N) is 1. The number of carbonyl (C=O) groups excluding carboxylic acids is 1. The zero-order valence-corrected chi connectivity index (χ0v) is 14.4. The number of benzene rings is 1. The number of halogens is 1. The lowest BCUT2D eigenvalue weighted by Crippen LogP contribution is -2.47.